The zero-order chi connectivity index (χ0) is 24.2. The molecule has 4 aromatic carbocycles. The van der Waals surface area contributed by atoms with E-state index in [1.54, 1.807) is 19.2 Å². The minimum atomic E-state index is -0.258. The number of methoxy groups -OCH3 is 2. The van der Waals surface area contributed by atoms with E-state index in [0.717, 1.165) is 28.0 Å². The summed E-state index contributed by atoms with van der Waals surface area (Å²) in [6, 6.07) is 33.4. The third-order valence-corrected chi connectivity index (χ3v) is 6.26. The number of carbonyl (C=O) groups is 1. The molecule has 1 unspecified atom stereocenters. The Morgan fingerprint density at radius 2 is 1.34 bits per heavy atom. The van der Waals surface area contributed by atoms with E-state index in [4.69, 9.17) is 14.6 Å². The average molecular weight is 463 g/mol. The smallest absolute Gasteiger partial charge is 0.274 e. The van der Waals surface area contributed by atoms with Crippen molar-refractivity contribution in [2.75, 3.05) is 14.2 Å². The number of rotatable bonds is 6. The fourth-order valence-electron chi connectivity index (χ4n) is 4.39. The van der Waals surface area contributed by atoms with Crippen LogP contribution in [0.25, 0.3) is 11.1 Å². The summed E-state index contributed by atoms with van der Waals surface area (Å²) in [7, 11) is 3.22. The predicted molar refractivity (Wildman–Crippen MR) is 138 cm³/mol. The van der Waals surface area contributed by atoms with Crippen LogP contribution < -0.4 is 9.47 Å². The molecule has 1 aliphatic rings. The van der Waals surface area contributed by atoms with Gasteiger partial charge in [-0.3, -0.25) is 4.79 Å². The maximum absolute atomic E-state index is 13.5. The van der Waals surface area contributed by atoms with E-state index in [0.29, 0.717) is 23.5 Å². The zero-order valence-corrected chi connectivity index (χ0v) is 19.7. The standard InChI is InChI=1S/C30H26N2O3/c1-34-28-18-17-25(19-29(28)35-2)27-20-26(31-32(27)30(33)24-11-7-4-8-12-24)23-15-13-22(14-16-23)21-9-5-3-6-10-21/h3-19,27H,20H2,1-2H3. The number of hydrogen-bond acceptors (Lipinski definition) is 4. The van der Waals surface area contributed by atoms with Crippen molar-refractivity contribution in [3.05, 3.63) is 120 Å². The first kappa shape index (κ1) is 22.4. The zero-order valence-electron chi connectivity index (χ0n) is 19.7. The van der Waals surface area contributed by atoms with Gasteiger partial charge in [0, 0.05) is 12.0 Å². The monoisotopic (exact) mass is 462 g/mol. The van der Waals surface area contributed by atoms with Crippen molar-refractivity contribution >= 4 is 11.6 Å². The molecule has 1 aliphatic heterocycles. The van der Waals surface area contributed by atoms with Crippen LogP contribution in [0.3, 0.4) is 0 Å². The van der Waals surface area contributed by atoms with Gasteiger partial charge in [-0.1, -0.05) is 78.9 Å². The third kappa shape index (κ3) is 4.53. The molecule has 1 amide bonds. The van der Waals surface area contributed by atoms with Gasteiger partial charge in [0.15, 0.2) is 11.5 Å². The van der Waals surface area contributed by atoms with Gasteiger partial charge in [0.25, 0.3) is 5.91 Å². The van der Waals surface area contributed by atoms with E-state index in [1.165, 1.54) is 0 Å². The molecule has 174 valence electrons. The number of benzene rings is 4. The van der Waals surface area contributed by atoms with Crippen LogP contribution in [0, 0.1) is 0 Å². The largest absolute Gasteiger partial charge is 0.493 e. The highest BCUT2D eigenvalue weighted by molar-refractivity contribution is 6.05. The molecule has 35 heavy (non-hydrogen) atoms. The molecule has 1 atom stereocenters. The van der Waals surface area contributed by atoms with E-state index in [2.05, 4.69) is 36.4 Å². The van der Waals surface area contributed by atoms with Gasteiger partial charge in [-0.2, -0.15) is 5.10 Å². The number of carbonyl (C=O) groups excluding carboxylic acids is 1. The summed E-state index contributed by atoms with van der Waals surface area (Å²) in [6.45, 7) is 0. The minimum Gasteiger partial charge on any atom is -0.493 e. The van der Waals surface area contributed by atoms with Gasteiger partial charge in [-0.05, 0) is 46.5 Å². The second kappa shape index (κ2) is 9.85. The molecular formula is C30H26N2O3. The Morgan fingerprint density at radius 1 is 0.743 bits per heavy atom. The van der Waals surface area contributed by atoms with Crippen LogP contribution in [-0.2, 0) is 0 Å². The normalized spacial score (nSPS) is 15.0. The Bertz CT molecular complexity index is 1350. The first-order valence-corrected chi connectivity index (χ1v) is 11.5. The van der Waals surface area contributed by atoms with Crippen molar-refractivity contribution in [1.82, 2.24) is 5.01 Å². The molecular weight excluding hydrogens is 436 g/mol. The van der Waals surface area contributed by atoms with Crippen molar-refractivity contribution in [2.45, 2.75) is 12.5 Å². The Labute approximate surface area is 205 Å². The molecule has 0 saturated carbocycles. The highest BCUT2D eigenvalue weighted by Gasteiger charge is 2.34. The first-order valence-electron chi connectivity index (χ1n) is 11.5. The van der Waals surface area contributed by atoms with Crippen LogP contribution in [0.4, 0.5) is 0 Å². The van der Waals surface area contributed by atoms with Gasteiger partial charge in [0.2, 0.25) is 0 Å². The lowest BCUT2D eigenvalue weighted by Gasteiger charge is -2.23. The number of ether oxygens (including phenoxy) is 2. The van der Waals surface area contributed by atoms with Crippen LogP contribution in [0.5, 0.6) is 11.5 Å². The van der Waals surface area contributed by atoms with Crippen molar-refractivity contribution < 1.29 is 14.3 Å². The molecule has 4 aromatic rings. The van der Waals surface area contributed by atoms with Crippen LogP contribution in [0.1, 0.15) is 33.9 Å². The molecule has 0 aliphatic carbocycles. The fourth-order valence-corrected chi connectivity index (χ4v) is 4.39. The summed E-state index contributed by atoms with van der Waals surface area (Å²) < 4.78 is 10.9. The fraction of sp³-hybridized carbons (Fsp3) is 0.133. The van der Waals surface area contributed by atoms with Crippen molar-refractivity contribution in [2.24, 2.45) is 5.10 Å². The van der Waals surface area contributed by atoms with Crippen LogP contribution in [0.15, 0.2) is 108 Å². The molecule has 0 fully saturated rings. The Hall–Kier alpha value is -4.38. The van der Waals surface area contributed by atoms with Gasteiger partial charge in [-0.15, -0.1) is 0 Å². The number of hydrazone groups is 1. The van der Waals surface area contributed by atoms with E-state index in [9.17, 15) is 4.79 Å². The van der Waals surface area contributed by atoms with E-state index >= 15 is 0 Å². The predicted octanol–water partition coefficient (Wildman–Crippen LogP) is 6.36. The third-order valence-electron chi connectivity index (χ3n) is 6.26. The molecule has 5 nitrogen and oxygen atoms in total. The van der Waals surface area contributed by atoms with Gasteiger partial charge in [0.05, 0.1) is 26.0 Å². The van der Waals surface area contributed by atoms with E-state index in [-0.39, 0.29) is 11.9 Å². The molecule has 0 spiro atoms. The van der Waals surface area contributed by atoms with E-state index in [1.807, 2.05) is 66.7 Å². The maximum Gasteiger partial charge on any atom is 0.274 e. The van der Waals surface area contributed by atoms with E-state index < -0.39 is 0 Å². The second-order valence-corrected chi connectivity index (χ2v) is 8.34. The summed E-state index contributed by atoms with van der Waals surface area (Å²) in [5.74, 6) is 1.13. The summed E-state index contributed by atoms with van der Waals surface area (Å²) in [5, 5.41) is 6.42. The highest BCUT2D eigenvalue weighted by atomic mass is 16.5. The van der Waals surface area contributed by atoms with Crippen LogP contribution in [0.2, 0.25) is 0 Å². The Morgan fingerprint density at radius 3 is 2.00 bits per heavy atom. The molecule has 0 N–H and O–H groups in total. The number of amides is 1. The minimum absolute atomic E-state index is 0.138. The SMILES string of the molecule is COc1ccc(C2CC(c3ccc(-c4ccccc4)cc3)=NN2C(=O)c2ccccc2)cc1OC. The molecule has 0 radical (unpaired) electrons. The van der Waals surface area contributed by atoms with Crippen molar-refractivity contribution in [1.29, 1.82) is 0 Å². The highest BCUT2D eigenvalue weighted by Crippen LogP contribution is 2.38. The molecule has 0 aromatic heterocycles. The Kier molecular flexibility index (Phi) is 6.31. The summed E-state index contributed by atoms with van der Waals surface area (Å²) in [4.78, 5) is 13.5. The van der Waals surface area contributed by atoms with Crippen LogP contribution >= 0.6 is 0 Å². The number of hydrogen-bond donors (Lipinski definition) is 0. The lowest BCUT2D eigenvalue weighted by molar-refractivity contribution is 0.0711. The van der Waals surface area contributed by atoms with Crippen molar-refractivity contribution in [3.8, 4) is 22.6 Å². The quantitative estimate of drug-likeness (QED) is 0.335. The summed E-state index contributed by atoms with van der Waals surface area (Å²) in [5.41, 5.74) is 5.71. The van der Waals surface area contributed by atoms with Gasteiger partial charge >= 0.3 is 0 Å². The average Bonchev–Trinajstić information content (AvgIpc) is 3.39. The van der Waals surface area contributed by atoms with Gasteiger partial charge < -0.3 is 9.47 Å². The van der Waals surface area contributed by atoms with Gasteiger partial charge in [0.1, 0.15) is 0 Å². The second-order valence-electron chi connectivity index (χ2n) is 8.34. The molecule has 5 rings (SSSR count). The van der Waals surface area contributed by atoms with Crippen molar-refractivity contribution in [3.63, 3.8) is 0 Å². The van der Waals surface area contributed by atoms with Crippen LogP contribution in [-0.4, -0.2) is 30.8 Å². The molecule has 1 heterocycles. The Balaban J connectivity index is 1.50. The molecule has 0 saturated heterocycles. The lowest BCUT2D eigenvalue weighted by Crippen LogP contribution is -2.27. The topological polar surface area (TPSA) is 51.1 Å². The lowest BCUT2D eigenvalue weighted by atomic mass is 9.96. The number of nitrogens with zero attached hydrogens (tertiary/aromatic N) is 2. The molecule has 0 bridgehead atoms. The maximum atomic E-state index is 13.5. The molecule has 5 heteroatoms. The first-order chi connectivity index (χ1) is 17.2. The summed E-state index contributed by atoms with van der Waals surface area (Å²) >= 11 is 0. The summed E-state index contributed by atoms with van der Waals surface area (Å²) in [6.07, 6.45) is 0.596. The van der Waals surface area contributed by atoms with Gasteiger partial charge in [-0.25, -0.2) is 5.01 Å².